The molecule has 5 heteroatoms. The van der Waals surface area contributed by atoms with E-state index in [9.17, 15) is 13.2 Å². The highest BCUT2D eigenvalue weighted by Gasteiger charge is 2.33. The van der Waals surface area contributed by atoms with Gasteiger partial charge in [0.2, 0.25) is 0 Å². The summed E-state index contributed by atoms with van der Waals surface area (Å²) in [6.07, 6.45) is 0.859. The summed E-state index contributed by atoms with van der Waals surface area (Å²) in [6, 6.07) is 2.02. The van der Waals surface area contributed by atoms with Crippen LogP contribution in [0.4, 0.5) is 18.9 Å². The zero-order chi connectivity index (χ0) is 14.9. The minimum Gasteiger partial charge on any atom is -0.366 e. The van der Waals surface area contributed by atoms with Gasteiger partial charge in [0.25, 0.3) is 0 Å². The van der Waals surface area contributed by atoms with Crippen molar-refractivity contribution in [2.45, 2.75) is 39.3 Å². The molecule has 1 fully saturated rings. The third-order valence-corrected chi connectivity index (χ3v) is 4.33. The van der Waals surface area contributed by atoms with Gasteiger partial charge >= 0.3 is 0 Å². The van der Waals surface area contributed by atoms with Crippen LogP contribution in [0.1, 0.15) is 27.2 Å². The summed E-state index contributed by atoms with van der Waals surface area (Å²) < 4.78 is 40.3. The van der Waals surface area contributed by atoms with Crippen LogP contribution in [0.15, 0.2) is 12.1 Å². The first-order valence-corrected chi connectivity index (χ1v) is 7.10. The Kier molecular flexibility index (Phi) is 4.58. The molecule has 1 aliphatic rings. The fraction of sp³-hybridized carbons (Fsp3) is 0.600. The summed E-state index contributed by atoms with van der Waals surface area (Å²) in [6.45, 7) is 7.67. The zero-order valence-corrected chi connectivity index (χ0v) is 12.1. The standard InChI is InChI=1S/C15H21F3N2/c1-4-19-14-5-6-20(10(3)9(14)2)15-8-12(17)11(16)7-13(15)18/h7-10,14,19H,4-6H2,1-3H3. The highest BCUT2D eigenvalue weighted by molar-refractivity contribution is 5.50. The van der Waals surface area contributed by atoms with Gasteiger partial charge in [0.1, 0.15) is 5.82 Å². The second-order valence-electron chi connectivity index (χ2n) is 5.46. The van der Waals surface area contributed by atoms with Gasteiger partial charge in [0, 0.05) is 30.8 Å². The summed E-state index contributed by atoms with van der Waals surface area (Å²) in [5.41, 5.74) is 0.151. The molecule has 0 amide bonds. The summed E-state index contributed by atoms with van der Waals surface area (Å²) in [7, 11) is 0. The Hall–Kier alpha value is -1.23. The van der Waals surface area contributed by atoms with Gasteiger partial charge < -0.3 is 10.2 Å². The van der Waals surface area contributed by atoms with Crippen molar-refractivity contribution < 1.29 is 13.2 Å². The molecule has 2 nitrogen and oxygen atoms in total. The minimum absolute atomic E-state index is 0.0622. The fourth-order valence-electron chi connectivity index (χ4n) is 2.99. The molecule has 0 aliphatic carbocycles. The van der Waals surface area contributed by atoms with Gasteiger partial charge in [0.15, 0.2) is 11.6 Å². The quantitative estimate of drug-likeness (QED) is 0.858. The van der Waals surface area contributed by atoms with Crippen LogP contribution in [-0.4, -0.2) is 25.2 Å². The number of anilines is 1. The molecule has 1 aliphatic heterocycles. The molecule has 20 heavy (non-hydrogen) atoms. The molecule has 1 N–H and O–H groups in total. The molecule has 3 atom stereocenters. The first kappa shape index (κ1) is 15.2. The normalized spacial score (nSPS) is 26.9. The minimum atomic E-state index is -1.14. The van der Waals surface area contributed by atoms with Crippen molar-refractivity contribution in [3.05, 3.63) is 29.6 Å². The van der Waals surface area contributed by atoms with Crippen molar-refractivity contribution in [3.8, 4) is 0 Å². The average molecular weight is 286 g/mol. The number of hydrogen-bond donors (Lipinski definition) is 1. The van der Waals surface area contributed by atoms with Crippen LogP contribution in [0, 0.1) is 23.4 Å². The van der Waals surface area contributed by atoms with Crippen LogP contribution in [0.25, 0.3) is 0 Å². The highest BCUT2D eigenvalue weighted by atomic mass is 19.2. The van der Waals surface area contributed by atoms with E-state index in [1.165, 1.54) is 0 Å². The van der Waals surface area contributed by atoms with E-state index in [0.717, 1.165) is 19.0 Å². The maximum Gasteiger partial charge on any atom is 0.161 e. The van der Waals surface area contributed by atoms with Crippen LogP contribution < -0.4 is 10.2 Å². The van der Waals surface area contributed by atoms with Crippen LogP contribution in [-0.2, 0) is 0 Å². The molecule has 0 spiro atoms. The second kappa shape index (κ2) is 6.04. The molecule has 0 saturated carbocycles. The van der Waals surface area contributed by atoms with Gasteiger partial charge in [-0.3, -0.25) is 0 Å². The van der Waals surface area contributed by atoms with E-state index in [1.54, 1.807) is 0 Å². The summed E-state index contributed by atoms with van der Waals surface area (Å²) in [4.78, 5) is 1.83. The SMILES string of the molecule is CCNC1CCN(c2cc(F)c(F)cc2F)C(C)C1C. The molecule has 2 rings (SSSR count). The topological polar surface area (TPSA) is 15.3 Å². The molecule has 0 aromatic heterocycles. The van der Waals surface area contributed by atoms with E-state index in [0.29, 0.717) is 24.6 Å². The van der Waals surface area contributed by atoms with E-state index in [-0.39, 0.29) is 11.7 Å². The van der Waals surface area contributed by atoms with Crippen LogP contribution in [0.3, 0.4) is 0 Å². The Bertz CT molecular complexity index is 478. The van der Waals surface area contributed by atoms with E-state index in [1.807, 2.05) is 11.8 Å². The number of nitrogens with one attached hydrogen (secondary N) is 1. The molecule has 0 bridgehead atoms. The molecule has 1 aromatic rings. The molecular weight excluding hydrogens is 265 g/mol. The molecular formula is C15H21F3N2. The van der Waals surface area contributed by atoms with E-state index >= 15 is 0 Å². The largest absolute Gasteiger partial charge is 0.366 e. The lowest BCUT2D eigenvalue weighted by molar-refractivity contribution is 0.272. The lowest BCUT2D eigenvalue weighted by Gasteiger charge is -2.44. The first-order chi connectivity index (χ1) is 9.45. The van der Waals surface area contributed by atoms with Gasteiger partial charge in [-0.15, -0.1) is 0 Å². The van der Waals surface area contributed by atoms with Crippen molar-refractivity contribution in [2.24, 2.45) is 5.92 Å². The van der Waals surface area contributed by atoms with Crippen molar-refractivity contribution in [3.63, 3.8) is 0 Å². The molecule has 3 unspecified atom stereocenters. The van der Waals surface area contributed by atoms with Gasteiger partial charge in [-0.05, 0) is 25.8 Å². The summed E-state index contributed by atoms with van der Waals surface area (Å²) in [5, 5.41) is 3.42. The fourth-order valence-corrected chi connectivity index (χ4v) is 2.99. The Labute approximate surface area is 118 Å². The predicted molar refractivity (Wildman–Crippen MR) is 74.4 cm³/mol. The van der Waals surface area contributed by atoms with Crippen molar-refractivity contribution in [2.75, 3.05) is 18.0 Å². The number of nitrogens with zero attached hydrogens (tertiary/aromatic N) is 1. The van der Waals surface area contributed by atoms with Gasteiger partial charge in [-0.25, -0.2) is 13.2 Å². The van der Waals surface area contributed by atoms with Crippen molar-refractivity contribution in [1.82, 2.24) is 5.32 Å². The predicted octanol–water partition coefficient (Wildman–Crippen LogP) is 3.32. The summed E-state index contributed by atoms with van der Waals surface area (Å²) in [5.74, 6) is -2.55. The molecule has 112 valence electrons. The number of piperidine rings is 1. The number of rotatable bonds is 3. The maximum atomic E-state index is 13.9. The lowest BCUT2D eigenvalue weighted by atomic mass is 9.86. The molecule has 1 heterocycles. The van der Waals surface area contributed by atoms with E-state index in [2.05, 4.69) is 19.2 Å². The van der Waals surface area contributed by atoms with Crippen molar-refractivity contribution in [1.29, 1.82) is 0 Å². The average Bonchev–Trinajstić information content (AvgIpc) is 2.40. The van der Waals surface area contributed by atoms with Gasteiger partial charge in [-0.1, -0.05) is 13.8 Å². The second-order valence-corrected chi connectivity index (χ2v) is 5.46. The van der Waals surface area contributed by atoms with E-state index < -0.39 is 17.5 Å². The molecule has 0 radical (unpaired) electrons. The third kappa shape index (κ3) is 2.77. The van der Waals surface area contributed by atoms with Crippen molar-refractivity contribution >= 4 is 5.69 Å². The number of benzene rings is 1. The van der Waals surface area contributed by atoms with Gasteiger partial charge in [0.05, 0.1) is 5.69 Å². The first-order valence-electron chi connectivity index (χ1n) is 7.10. The smallest absolute Gasteiger partial charge is 0.161 e. The Balaban J connectivity index is 2.24. The number of hydrogen-bond acceptors (Lipinski definition) is 2. The van der Waals surface area contributed by atoms with E-state index in [4.69, 9.17) is 0 Å². The summed E-state index contributed by atoms with van der Waals surface area (Å²) >= 11 is 0. The third-order valence-electron chi connectivity index (χ3n) is 4.33. The Morgan fingerprint density at radius 3 is 2.45 bits per heavy atom. The highest BCUT2D eigenvalue weighted by Crippen LogP contribution is 2.31. The van der Waals surface area contributed by atoms with Crippen LogP contribution >= 0.6 is 0 Å². The van der Waals surface area contributed by atoms with Crippen LogP contribution in [0.5, 0.6) is 0 Å². The van der Waals surface area contributed by atoms with Gasteiger partial charge in [-0.2, -0.15) is 0 Å². The lowest BCUT2D eigenvalue weighted by Crippen LogP contribution is -2.53. The van der Waals surface area contributed by atoms with Crippen LogP contribution in [0.2, 0.25) is 0 Å². The molecule has 1 saturated heterocycles. The Morgan fingerprint density at radius 1 is 1.15 bits per heavy atom. The monoisotopic (exact) mass is 286 g/mol. The zero-order valence-electron chi connectivity index (χ0n) is 12.1. The number of halogens is 3. The molecule has 1 aromatic carbocycles. The Morgan fingerprint density at radius 2 is 1.80 bits per heavy atom. The maximum absolute atomic E-state index is 13.9.